The van der Waals surface area contributed by atoms with Crippen LogP contribution in [0.5, 0.6) is 0 Å². The molecule has 98 valence electrons. The van der Waals surface area contributed by atoms with Crippen LogP contribution in [0.1, 0.15) is 32.6 Å². The van der Waals surface area contributed by atoms with Gasteiger partial charge in [-0.25, -0.2) is 0 Å². The van der Waals surface area contributed by atoms with Crippen LogP contribution in [0, 0.1) is 5.92 Å². The van der Waals surface area contributed by atoms with Crippen molar-refractivity contribution in [3.05, 3.63) is 0 Å². The van der Waals surface area contributed by atoms with Gasteiger partial charge in [-0.2, -0.15) is 11.8 Å². The molecule has 2 aliphatic rings. The maximum Gasteiger partial charge on any atom is 0.137 e. The van der Waals surface area contributed by atoms with E-state index >= 15 is 0 Å². The van der Waals surface area contributed by atoms with E-state index in [2.05, 4.69) is 12.2 Å². The zero-order valence-corrected chi connectivity index (χ0v) is 11.5. The maximum absolute atomic E-state index is 12.1. The lowest BCUT2D eigenvalue weighted by atomic mass is 9.82. The van der Waals surface area contributed by atoms with Crippen LogP contribution in [0.2, 0.25) is 0 Å². The topological polar surface area (TPSA) is 38.3 Å². The van der Waals surface area contributed by atoms with Gasteiger partial charge < -0.3 is 10.1 Å². The summed E-state index contributed by atoms with van der Waals surface area (Å²) in [6.07, 6.45) is 3.71. The molecule has 3 nitrogen and oxygen atoms in total. The van der Waals surface area contributed by atoms with E-state index in [1.807, 2.05) is 11.8 Å². The molecule has 1 N–H and O–H groups in total. The molecule has 0 aromatic heterocycles. The second kappa shape index (κ2) is 6.21. The first-order valence-corrected chi connectivity index (χ1v) is 7.86. The Morgan fingerprint density at radius 1 is 1.59 bits per heavy atom. The normalized spacial score (nSPS) is 33.1. The molecule has 0 aromatic carbocycles. The molecule has 2 rings (SSSR count). The van der Waals surface area contributed by atoms with Crippen molar-refractivity contribution in [2.75, 3.05) is 31.2 Å². The summed E-state index contributed by atoms with van der Waals surface area (Å²) in [7, 11) is 0. The van der Waals surface area contributed by atoms with Crippen LogP contribution in [-0.4, -0.2) is 42.6 Å². The van der Waals surface area contributed by atoms with Gasteiger partial charge in [0, 0.05) is 31.2 Å². The highest BCUT2D eigenvalue weighted by Crippen LogP contribution is 2.40. The molecular formula is C13H23NO2S. The Balaban J connectivity index is 1.82. The number of rotatable bonds is 5. The van der Waals surface area contributed by atoms with Crippen molar-refractivity contribution >= 4 is 17.5 Å². The van der Waals surface area contributed by atoms with E-state index < -0.39 is 0 Å². The van der Waals surface area contributed by atoms with E-state index in [0.717, 1.165) is 44.7 Å². The maximum atomic E-state index is 12.1. The monoisotopic (exact) mass is 257 g/mol. The Hall–Kier alpha value is -0.0600. The van der Waals surface area contributed by atoms with E-state index in [0.29, 0.717) is 12.2 Å². The summed E-state index contributed by atoms with van der Waals surface area (Å²) in [6, 6.07) is 0. The number of hydrogen-bond acceptors (Lipinski definition) is 4. The highest BCUT2D eigenvalue weighted by atomic mass is 32.2. The first kappa shape index (κ1) is 13.4. The van der Waals surface area contributed by atoms with Crippen molar-refractivity contribution in [2.45, 2.75) is 38.2 Å². The summed E-state index contributed by atoms with van der Waals surface area (Å²) < 4.78 is 5.94. The smallest absolute Gasteiger partial charge is 0.137 e. The molecule has 4 heteroatoms. The number of ketones is 1. The van der Waals surface area contributed by atoms with Gasteiger partial charge in [-0.3, -0.25) is 4.79 Å². The van der Waals surface area contributed by atoms with E-state index in [-0.39, 0.29) is 11.5 Å². The molecule has 2 unspecified atom stereocenters. The molecule has 0 radical (unpaired) electrons. The Bertz CT molecular complexity index is 264. The van der Waals surface area contributed by atoms with Crippen LogP contribution in [0.15, 0.2) is 0 Å². The Kier molecular flexibility index (Phi) is 4.88. The van der Waals surface area contributed by atoms with E-state index in [1.165, 1.54) is 5.75 Å². The van der Waals surface area contributed by atoms with Gasteiger partial charge in [-0.05, 0) is 31.6 Å². The molecule has 2 heterocycles. The van der Waals surface area contributed by atoms with Gasteiger partial charge in [0.2, 0.25) is 0 Å². The molecule has 0 amide bonds. The van der Waals surface area contributed by atoms with Crippen LogP contribution in [0.25, 0.3) is 0 Å². The number of carbonyl (C=O) groups is 1. The van der Waals surface area contributed by atoms with Gasteiger partial charge in [-0.15, -0.1) is 0 Å². The Morgan fingerprint density at radius 3 is 3.18 bits per heavy atom. The van der Waals surface area contributed by atoms with E-state index in [1.54, 1.807) is 0 Å². The number of ether oxygens (including phenoxy) is 1. The number of hydrogen-bond donors (Lipinski definition) is 1. The van der Waals surface area contributed by atoms with E-state index in [4.69, 9.17) is 4.74 Å². The van der Waals surface area contributed by atoms with Crippen LogP contribution >= 0.6 is 11.8 Å². The van der Waals surface area contributed by atoms with Crippen molar-refractivity contribution in [3.8, 4) is 0 Å². The van der Waals surface area contributed by atoms with Crippen molar-refractivity contribution in [1.82, 2.24) is 5.32 Å². The lowest BCUT2D eigenvalue weighted by Gasteiger charge is -2.37. The first-order chi connectivity index (χ1) is 8.26. The molecule has 17 heavy (non-hydrogen) atoms. The van der Waals surface area contributed by atoms with Gasteiger partial charge in [0.05, 0.1) is 5.60 Å². The molecule has 2 aliphatic heterocycles. The summed E-state index contributed by atoms with van der Waals surface area (Å²) in [5, 5.41) is 3.22. The minimum Gasteiger partial charge on any atom is -0.374 e. The Morgan fingerprint density at radius 2 is 2.47 bits per heavy atom. The predicted octanol–water partition coefficient (Wildman–Crippen LogP) is 1.86. The molecular weight excluding hydrogens is 234 g/mol. The molecule has 0 saturated carbocycles. The highest BCUT2D eigenvalue weighted by Gasteiger charge is 2.42. The SMILES string of the molecule is CCNCCC(=O)C1CCOC2(CCSC2)C1. The molecule has 0 aliphatic carbocycles. The molecule has 0 aromatic rings. The second-order valence-corrected chi connectivity index (χ2v) is 6.20. The zero-order chi connectivity index (χ0) is 12.1. The highest BCUT2D eigenvalue weighted by molar-refractivity contribution is 7.99. The van der Waals surface area contributed by atoms with Crippen LogP contribution in [0.4, 0.5) is 0 Å². The molecule has 0 bridgehead atoms. The fourth-order valence-electron chi connectivity index (χ4n) is 2.76. The van der Waals surface area contributed by atoms with Gasteiger partial charge >= 0.3 is 0 Å². The number of thioether (sulfide) groups is 1. The summed E-state index contributed by atoms with van der Waals surface area (Å²) in [4.78, 5) is 12.1. The average molecular weight is 257 g/mol. The fraction of sp³-hybridized carbons (Fsp3) is 0.923. The largest absolute Gasteiger partial charge is 0.374 e. The standard InChI is InChI=1S/C13H23NO2S/c1-2-14-6-3-12(15)11-4-7-16-13(9-11)5-8-17-10-13/h11,14H,2-10H2,1H3. The second-order valence-electron chi connectivity index (χ2n) is 5.09. The number of carbonyl (C=O) groups excluding carboxylic acids is 1. The zero-order valence-electron chi connectivity index (χ0n) is 10.7. The van der Waals surface area contributed by atoms with Gasteiger partial charge in [0.25, 0.3) is 0 Å². The lowest BCUT2D eigenvalue weighted by molar-refractivity contribution is -0.133. The van der Waals surface area contributed by atoms with Gasteiger partial charge in [0.1, 0.15) is 5.78 Å². The first-order valence-electron chi connectivity index (χ1n) is 6.71. The summed E-state index contributed by atoms with van der Waals surface area (Å²) >= 11 is 1.97. The third-order valence-electron chi connectivity index (χ3n) is 3.81. The van der Waals surface area contributed by atoms with Crippen LogP contribution in [0.3, 0.4) is 0 Å². The van der Waals surface area contributed by atoms with Crippen molar-refractivity contribution in [2.24, 2.45) is 5.92 Å². The van der Waals surface area contributed by atoms with E-state index in [9.17, 15) is 4.79 Å². The average Bonchev–Trinajstić information content (AvgIpc) is 2.77. The van der Waals surface area contributed by atoms with Crippen LogP contribution in [-0.2, 0) is 9.53 Å². The number of Topliss-reactive ketones (excluding diaryl/α,β-unsaturated/α-hetero) is 1. The van der Waals surface area contributed by atoms with Gasteiger partial charge in [-0.1, -0.05) is 6.92 Å². The minimum atomic E-state index is 0.0431. The summed E-state index contributed by atoms with van der Waals surface area (Å²) in [5.41, 5.74) is 0.0431. The van der Waals surface area contributed by atoms with Gasteiger partial charge in [0.15, 0.2) is 0 Å². The molecule has 2 atom stereocenters. The van der Waals surface area contributed by atoms with Crippen molar-refractivity contribution in [1.29, 1.82) is 0 Å². The molecule has 2 fully saturated rings. The Labute approximate surface area is 108 Å². The molecule has 2 saturated heterocycles. The lowest BCUT2D eigenvalue weighted by Crippen LogP contribution is -2.42. The van der Waals surface area contributed by atoms with Crippen LogP contribution < -0.4 is 5.32 Å². The van der Waals surface area contributed by atoms with Crippen molar-refractivity contribution < 1.29 is 9.53 Å². The predicted molar refractivity (Wildman–Crippen MR) is 71.5 cm³/mol. The third kappa shape index (κ3) is 3.46. The summed E-state index contributed by atoms with van der Waals surface area (Å²) in [5.74, 6) is 2.97. The number of nitrogens with one attached hydrogen (secondary N) is 1. The minimum absolute atomic E-state index is 0.0431. The van der Waals surface area contributed by atoms with Crippen molar-refractivity contribution in [3.63, 3.8) is 0 Å². The summed E-state index contributed by atoms with van der Waals surface area (Å²) in [6.45, 7) is 4.62. The molecule has 1 spiro atoms. The third-order valence-corrected chi connectivity index (χ3v) is 5.04. The fourth-order valence-corrected chi connectivity index (χ4v) is 4.14. The quantitative estimate of drug-likeness (QED) is 0.763.